The molecule has 1 aromatic carbocycles. The minimum Gasteiger partial charge on any atom is -0.372 e. The van der Waals surface area contributed by atoms with Gasteiger partial charge in [0.1, 0.15) is 5.82 Å². The van der Waals surface area contributed by atoms with E-state index in [1.165, 1.54) is 6.07 Å². The molecule has 0 spiro atoms. The molecular weight excluding hydrogens is 197 g/mol. The number of halogens is 1. The Morgan fingerprint density at radius 1 is 1.43 bits per heavy atom. The largest absolute Gasteiger partial charge is 0.372 e. The van der Waals surface area contributed by atoms with Crippen LogP contribution < -0.4 is 4.90 Å². The Morgan fingerprint density at radius 2 is 2.14 bits per heavy atom. The number of rotatable bonds is 0. The lowest BCUT2D eigenvalue weighted by Gasteiger charge is -2.37. The highest BCUT2D eigenvalue weighted by Crippen LogP contribution is 2.43. The van der Waals surface area contributed by atoms with Gasteiger partial charge in [-0.3, -0.25) is 0 Å². The molecule has 76 valence electrons. The van der Waals surface area contributed by atoms with Gasteiger partial charge >= 0.3 is 0 Å². The molecule has 0 unspecified atom stereocenters. The Bertz CT molecular complexity index is 362. The van der Waals surface area contributed by atoms with Crippen molar-refractivity contribution in [3.8, 4) is 0 Å². The number of anilines is 1. The van der Waals surface area contributed by atoms with E-state index in [-0.39, 0.29) is 10.6 Å². The van der Waals surface area contributed by atoms with Crippen LogP contribution in [0.15, 0.2) is 23.1 Å². The zero-order chi connectivity index (χ0) is 10.3. The molecule has 3 heteroatoms. The second-order valence-corrected chi connectivity index (χ2v) is 6.08. The summed E-state index contributed by atoms with van der Waals surface area (Å²) >= 11 is 1.75. The van der Waals surface area contributed by atoms with Crippen LogP contribution in [0.4, 0.5) is 10.1 Å². The van der Waals surface area contributed by atoms with Gasteiger partial charge in [0.2, 0.25) is 0 Å². The summed E-state index contributed by atoms with van der Waals surface area (Å²) in [5.74, 6) is -0.151. The van der Waals surface area contributed by atoms with Gasteiger partial charge in [0, 0.05) is 23.2 Å². The second kappa shape index (κ2) is 3.16. The van der Waals surface area contributed by atoms with Crippen molar-refractivity contribution in [2.75, 3.05) is 18.5 Å². The molecule has 0 saturated heterocycles. The summed E-state index contributed by atoms with van der Waals surface area (Å²) in [6, 6.07) is 5.00. The average molecular weight is 211 g/mol. The van der Waals surface area contributed by atoms with Crippen molar-refractivity contribution in [1.29, 1.82) is 0 Å². The van der Waals surface area contributed by atoms with Crippen LogP contribution in [0.25, 0.3) is 0 Å². The van der Waals surface area contributed by atoms with Crippen molar-refractivity contribution in [2.24, 2.45) is 0 Å². The third-order valence-corrected chi connectivity index (χ3v) is 3.57. The average Bonchev–Trinajstić information content (AvgIpc) is 2.00. The van der Waals surface area contributed by atoms with Gasteiger partial charge in [-0.15, -0.1) is 11.8 Å². The Labute approximate surface area is 88.3 Å². The maximum Gasteiger partial charge on any atom is 0.124 e. The van der Waals surface area contributed by atoms with Gasteiger partial charge in [-0.25, -0.2) is 4.39 Å². The first kappa shape index (κ1) is 9.84. The Morgan fingerprint density at radius 3 is 2.86 bits per heavy atom. The van der Waals surface area contributed by atoms with Gasteiger partial charge in [0.05, 0.1) is 5.69 Å². The normalized spacial score (nSPS) is 19.3. The standard InChI is InChI=1S/C11H14FNS/c1-11(2)7-13(3)9-5-4-8(12)6-10(9)14-11/h4-6H,7H2,1-3H3. The highest BCUT2D eigenvalue weighted by atomic mass is 32.2. The fraction of sp³-hybridized carbons (Fsp3) is 0.455. The van der Waals surface area contributed by atoms with Crippen LogP contribution in [0.3, 0.4) is 0 Å². The molecule has 2 rings (SSSR count). The Balaban J connectivity index is 2.46. The zero-order valence-electron chi connectivity index (χ0n) is 8.67. The van der Waals surface area contributed by atoms with E-state index in [9.17, 15) is 4.39 Å². The molecular formula is C11H14FNS. The predicted octanol–water partition coefficient (Wildman–Crippen LogP) is 3.15. The molecule has 0 amide bonds. The quantitative estimate of drug-likeness (QED) is 0.648. The molecule has 0 bridgehead atoms. The van der Waals surface area contributed by atoms with E-state index >= 15 is 0 Å². The van der Waals surface area contributed by atoms with E-state index in [2.05, 4.69) is 25.8 Å². The molecule has 0 saturated carbocycles. The summed E-state index contributed by atoms with van der Waals surface area (Å²) in [6.07, 6.45) is 0. The maximum absolute atomic E-state index is 13.0. The van der Waals surface area contributed by atoms with E-state index in [0.717, 1.165) is 17.1 Å². The van der Waals surface area contributed by atoms with Crippen molar-refractivity contribution in [2.45, 2.75) is 23.5 Å². The lowest BCUT2D eigenvalue weighted by molar-refractivity contribution is 0.619. The van der Waals surface area contributed by atoms with E-state index in [0.29, 0.717) is 0 Å². The van der Waals surface area contributed by atoms with Crippen LogP contribution in [0.5, 0.6) is 0 Å². The topological polar surface area (TPSA) is 3.24 Å². The van der Waals surface area contributed by atoms with Crippen LogP contribution in [-0.4, -0.2) is 18.3 Å². The van der Waals surface area contributed by atoms with Crippen molar-refractivity contribution >= 4 is 17.4 Å². The highest BCUT2D eigenvalue weighted by Gasteiger charge is 2.29. The first-order valence-electron chi connectivity index (χ1n) is 4.68. The van der Waals surface area contributed by atoms with Crippen molar-refractivity contribution < 1.29 is 4.39 Å². The zero-order valence-corrected chi connectivity index (χ0v) is 9.49. The molecule has 0 atom stereocenters. The number of hydrogen-bond donors (Lipinski definition) is 0. The predicted molar refractivity (Wildman–Crippen MR) is 59.6 cm³/mol. The molecule has 0 radical (unpaired) electrons. The van der Waals surface area contributed by atoms with Crippen LogP contribution in [0.2, 0.25) is 0 Å². The van der Waals surface area contributed by atoms with Gasteiger partial charge in [-0.1, -0.05) is 0 Å². The lowest BCUT2D eigenvalue weighted by atomic mass is 10.1. The van der Waals surface area contributed by atoms with Gasteiger partial charge in [0.15, 0.2) is 0 Å². The number of nitrogens with zero attached hydrogens (tertiary/aromatic N) is 1. The SMILES string of the molecule is CN1CC(C)(C)Sc2cc(F)ccc21. The van der Waals surface area contributed by atoms with Crippen LogP contribution in [0, 0.1) is 5.82 Å². The monoisotopic (exact) mass is 211 g/mol. The molecule has 0 N–H and O–H groups in total. The fourth-order valence-corrected chi connectivity index (χ4v) is 3.22. The van der Waals surface area contributed by atoms with E-state index in [4.69, 9.17) is 0 Å². The minimum atomic E-state index is -0.151. The first-order valence-corrected chi connectivity index (χ1v) is 5.49. The summed E-state index contributed by atoms with van der Waals surface area (Å²) in [5.41, 5.74) is 1.13. The molecule has 14 heavy (non-hydrogen) atoms. The minimum absolute atomic E-state index is 0.151. The maximum atomic E-state index is 13.0. The molecule has 0 aliphatic carbocycles. The third-order valence-electron chi connectivity index (χ3n) is 2.34. The molecule has 1 nitrogen and oxygen atoms in total. The van der Waals surface area contributed by atoms with E-state index in [1.54, 1.807) is 17.8 Å². The van der Waals surface area contributed by atoms with Gasteiger partial charge in [-0.2, -0.15) is 0 Å². The molecule has 0 aromatic heterocycles. The van der Waals surface area contributed by atoms with Gasteiger partial charge < -0.3 is 4.90 Å². The molecule has 1 heterocycles. The summed E-state index contributed by atoms with van der Waals surface area (Å²) in [7, 11) is 2.05. The smallest absolute Gasteiger partial charge is 0.124 e. The molecule has 0 fully saturated rings. The fourth-order valence-electron chi connectivity index (χ4n) is 1.87. The molecule has 1 aliphatic rings. The van der Waals surface area contributed by atoms with Crippen LogP contribution >= 0.6 is 11.8 Å². The summed E-state index contributed by atoms with van der Waals surface area (Å²) in [5, 5.41) is 0. The molecule has 1 aromatic rings. The number of benzene rings is 1. The van der Waals surface area contributed by atoms with Crippen molar-refractivity contribution in [1.82, 2.24) is 0 Å². The molecule has 1 aliphatic heterocycles. The Kier molecular flexibility index (Phi) is 2.22. The van der Waals surface area contributed by atoms with Crippen LogP contribution in [-0.2, 0) is 0 Å². The van der Waals surface area contributed by atoms with Gasteiger partial charge in [0.25, 0.3) is 0 Å². The van der Waals surface area contributed by atoms with E-state index in [1.807, 2.05) is 6.07 Å². The third kappa shape index (κ3) is 1.73. The van der Waals surface area contributed by atoms with Crippen LogP contribution in [0.1, 0.15) is 13.8 Å². The summed E-state index contributed by atoms with van der Waals surface area (Å²) < 4.78 is 13.2. The number of fused-ring (bicyclic) bond motifs is 1. The lowest BCUT2D eigenvalue weighted by Crippen LogP contribution is -2.37. The summed E-state index contributed by atoms with van der Waals surface area (Å²) in [4.78, 5) is 3.23. The van der Waals surface area contributed by atoms with E-state index < -0.39 is 0 Å². The Hall–Kier alpha value is -0.700. The van der Waals surface area contributed by atoms with Gasteiger partial charge in [-0.05, 0) is 32.0 Å². The highest BCUT2D eigenvalue weighted by molar-refractivity contribution is 8.00. The summed E-state index contributed by atoms with van der Waals surface area (Å²) in [6.45, 7) is 5.36. The number of thioether (sulfide) groups is 1. The first-order chi connectivity index (χ1) is 6.48. The number of hydrogen-bond acceptors (Lipinski definition) is 2. The van der Waals surface area contributed by atoms with Crippen molar-refractivity contribution in [3.05, 3.63) is 24.0 Å². The van der Waals surface area contributed by atoms with Crippen molar-refractivity contribution in [3.63, 3.8) is 0 Å². The second-order valence-electron chi connectivity index (χ2n) is 4.33.